The lowest BCUT2D eigenvalue weighted by atomic mass is 9.99. The molecule has 1 N–H and O–H groups in total. The van der Waals surface area contributed by atoms with Gasteiger partial charge in [-0.3, -0.25) is 0 Å². The van der Waals surface area contributed by atoms with Gasteiger partial charge in [0.1, 0.15) is 0 Å². The standard InChI is InChI=1S/C17H20O/c1-2-14-9-6-10-16(13-14)17(18)12-11-15-7-4-3-5-8-15/h3-10,13,17-18H,2,11-12H2,1H3. The van der Waals surface area contributed by atoms with E-state index in [1.165, 1.54) is 11.1 Å². The number of aliphatic hydroxyl groups excluding tert-OH is 1. The lowest BCUT2D eigenvalue weighted by Crippen LogP contribution is -2.00. The van der Waals surface area contributed by atoms with Gasteiger partial charge in [0.25, 0.3) is 0 Å². The van der Waals surface area contributed by atoms with Crippen LogP contribution in [0.1, 0.15) is 36.1 Å². The molecule has 0 aliphatic carbocycles. The molecule has 2 aromatic rings. The quantitative estimate of drug-likeness (QED) is 0.840. The zero-order chi connectivity index (χ0) is 12.8. The maximum Gasteiger partial charge on any atom is 0.0793 e. The van der Waals surface area contributed by atoms with Crippen molar-refractivity contribution in [1.82, 2.24) is 0 Å². The molecule has 18 heavy (non-hydrogen) atoms. The fraction of sp³-hybridized carbons (Fsp3) is 0.294. The van der Waals surface area contributed by atoms with Crippen molar-refractivity contribution in [3.63, 3.8) is 0 Å². The minimum Gasteiger partial charge on any atom is -0.388 e. The summed E-state index contributed by atoms with van der Waals surface area (Å²) in [4.78, 5) is 0. The molecule has 0 aliphatic rings. The van der Waals surface area contributed by atoms with Crippen molar-refractivity contribution < 1.29 is 5.11 Å². The van der Waals surface area contributed by atoms with Gasteiger partial charge >= 0.3 is 0 Å². The largest absolute Gasteiger partial charge is 0.388 e. The lowest BCUT2D eigenvalue weighted by molar-refractivity contribution is 0.168. The molecule has 0 saturated heterocycles. The van der Waals surface area contributed by atoms with E-state index in [1.807, 2.05) is 30.3 Å². The molecule has 0 aromatic heterocycles. The molecule has 0 aliphatic heterocycles. The molecule has 0 bridgehead atoms. The molecule has 1 nitrogen and oxygen atoms in total. The Labute approximate surface area is 109 Å². The molecular formula is C17H20O. The van der Waals surface area contributed by atoms with E-state index in [9.17, 15) is 5.11 Å². The van der Waals surface area contributed by atoms with Crippen LogP contribution in [0.4, 0.5) is 0 Å². The molecule has 1 heteroatoms. The molecule has 0 radical (unpaired) electrons. The van der Waals surface area contributed by atoms with Gasteiger partial charge in [0, 0.05) is 0 Å². The van der Waals surface area contributed by atoms with Crippen molar-refractivity contribution in [2.45, 2.75) is 32.3 Å². The minimum absolute atomic E-state index is 0.364. The highest BCUT2D eigenvalue weighted by Crippen LogP contribution is 2.20. The van der Waals surface area contributed by atoms with Crippen LogP contribution in [-0.2, 0) is 12.8 Å². The van der Waals surface area contributed by atoms with Crippen LogP contribution in [0, 0.1) is 0 Å². The molecule has 2 rings (SSSR count). The number of aliphatic hydroxyl groups is 1. The van der Waals surface area contributed by atoms with Crippen LogP contribution >= 0.6 is 0 Å². The van der Waals surface area contributed by atoms with E-state index in [-0.39, 0.29) is 6.10 Å². The average Bonchev–Trinajstić information content (AvgIpc) is 2.46. The van der Waals surface area contributed by atoms with Crippen molar-refractivity contribution >= 4 is 0 Å². The monoisotopic (exact) mass is 240 g/mol. The van der Waals surface area contributed by atoms with Crippen LogP contribution in [-0.4, -0.2) is 5.11 Å². The summed E-state index contributed by atoms with van der Waals surface area (Å²) in [5.41, 5.74) is 3.60. The first-order valence-corrected chi connectivity index (χ1v) is 6.60. The summed E-state index contributed by atoms with van der Waals surface area (Å²) in [5.74, 6) is 0. The van der Waals surface area contributed by atoms with E-state index < -0.39 is 0 Å². The zero-order valence-electron chi connectivity index (χ0n) is 10.8. The van der Waals surface area contributed by atoms with Gasteiger partial charge in [-0.1, -0.05) is 61.5 Å². The second kappa shape index (κ2) is 6.36. The molecular weight excluding hydrogens is 220 g/mol. The fourth-order valence-corrected chi connectivity index (χ4v) is 2.14. The Morgan fingerprint density at radius 3 is 2.39 bits per heavy atom. The van der Waals surface area contributed by atoms with Crippen LogP contribution in [0.5, 0.6) is 0 Å². The van der Waals surface area contributed by atoms with E-state index in [4.69, 9.17) is 0 Å². The van der Waals surface area contributed by atoms with Crippen LogP contribution in [0.25, 0.3) is 0 Å². The van der Waals surface area contributed by atoms with E-state index in [2.05, 4.69) is 31.2 Å². The summed E-state index contributed by atoms with van der Waals surface area (Å²) in [6, 6.07) is 18.6. The Morgan fingerprint density at radius 1 is 0.944 bits per heavy atom. The predicted octanol–water partition coefficient (Wildman–Crippen LogP) is 3.92. The molecule has 1 unspecified atom stereocenters. The van der Waals surface area contributed by atoms with Gasteiger partial charge < -0.3 is 5.11 Å². The Hall–Kier alpha value is -1.60. The third-order valence-corrected chi connectivity index (χ3v) is 3.29. The highest BCUT2D eigenvalue weighted by molar-refractivity contribution is 5.25. The predicted molar refractivity (Wildman–Crippen MR) is 75.5 cm³/mol. The van der Waals surface area contributed by atoms with Gasteiger partial charge in [0.2, 0.25) is 0 Å². The Balaban J connectivity index is 1.97. The number of rotatable bonds is 5. The molecule has 0 amide bonds. The molecule has 0 heterocycles. The normalized spacial score (nSPS) is 12.3. The number of aryl methyl sites for hydroxylation is 2. The summed E-state index contributed by atoms with van der Waals surface area (Å²) < 4.78 is 0. The molecule has 94 valence electrons. The number of hydrogen-bond donors (Lipinski definition) is 1. The first-order chi connectivity index (χ1) is 8.79. The van der Waals surface area contributed by atoms with E-state index >= 15 is 0 Å². The molecule has 0 fully saturated rings. The third-order valence-electron chi connectivity index (χ3n) is 3.29. The molecule has 0 spiro atoms. The van der Waals surface area contributed by atoms with Gasteiger partial charge in [-0.2, -0.15) is 0 Å². The first kappa shape index (κ1) is 12.8. The van der Waals surface area contributed by atoms with Gasteiger partial charge in [-0.15, -0.1) is 0 Å². The lowest BCUT2D eigenvalue weighted by Gasteiger charge is -2.12. The fourth-order valence-electron chi connectivity index (χ4n) is 2.14. The summed E-state index contributed by atoms with van der Waals surface area (Å²) >= 11 is 0. The molecule has 2 aromatic carbocycles. The Bertz CT molecular complexity index is 476. The Kier molecular flexibility index (Phi) is 4.54. The SMILES string of the molecule is CCc1cccc(C(O)CCc2ccccc2)c1. The van der Waals surface area contributed by atoms with Gasteiger partial charge in [0.05, 0.1) is 6.10 Å². The summed E-state index contributed by atoms with van der Waals surface area (Å²) in [6.07, 6.45) is 2.34. The first-order valence-electron chi connectivity index (χ1n) is 6.60. The zero-order valence-corrected chi connectivity index (χ0v) is 10.8. The highest BCUT2D eigenvalue weighted by atomic mass is 16.3. The van der Waals surface area contributed by atoms with Gasteiger partial charge in [0.15, 0.2) is 0 Å². The minimum atomic E-state index is -0.364. The molecule has 0 saturated carbocycles. The summed E-state index contributed by atoms with van der Waals surface area (Å²) in [6.45, 7) is 2.13. The van der Waals surface area contributed by atoms with Crippen molar-refractivity contribution in [2.24, 2.45) is 0 Å². The second-order valence-electron chi connectivity index (χ2n) is 4.64. The van der Waals surface area contributed by atoms with Crippen LogP contribution in [0.15, 0.2) is 54.6 Å². The maximum atomic E-state index is 10.2. The van der Waals surface area contributed by atoms with Crippen molar-refractivity contribution in [3.8, 4) is 0 Å². The average molecular weight is 240 g/mol. The topological polar surface area (TPSA) is 20.2 Å². The number of benzene rings is 2. The van der Waals surface area contributed by atoms with Crippen molar-refractivity contribution in [1.29, 1.82) is 0 Å². The third kappa shape index (κ3) is 3.44. The summed E-state index contributed by atoms with van der Waals surface area (Å²) in [5, 5.41) is 10.2. The maximum absolute atomic E-state index is 10.2. The van der Waals surface area contributed by atoms with Crippen LogP contribution < -0.4 is 0 Å². The van der Waals surface area contributed by atoms with Gasteiger partial charge in [-0.25, -0.2) is 0 Å². The van der Waals surface area contributed by atoms with E-state index in [0.29, 0.717) is 0 Å². The number of hydrogen-bond acceptors (Lipinski definition) is 1. The summed E-state index contributed by atoms with van der Waals surface area (Å²) in [7, 11) is 0. The Morgan fingerprint density at radius 2 is 1.67 bits per heavy atom. The smallest absolute Gasteiger partial charge is 0.0793 e. The van der Waals surface area contributed by atoms with Crippen LogP contribution in [0.2, 0.25) is 0 Å². The van der Waals surface area contributed by atoms with E-state index in [1.54, 1.807) is 0 Å². The van der Waals surface area contributed by atoms with Crippen molar-refractivity contribution in [2.75, 3.05) is 0 Å². The van der Waals surface area contributed by atoms with Gasteiger partial charge in [-0.05, 0) is 36.0 Å². The van der Waals surface area contributed by atoms with Crippen LogP contribution in [0.3, 0.4) is 0 Å². The highest BCUT2D eigenvalue weighted by Gasteiger charge is 2.07. The molecule has 1 atom stereocenters. The van der Waals surface area contributed by atoms with Crippen molar-refractivity contribution in [3.05, 3.63) is 71.3 Å². The second-order valence-corrected chi connectivity index (χ2v) is 4.64. The van der Waals surface area contributed by atoms with E-state index in [0.717, 1.165) is 24.8 Å².